The Labute approximate surface area is 107 Å². The summed E-state index contributed by atoms with van der Waals surface area (Å²) in [5.74, 6) is -1.29. The molecule has 0 radical (unpaired) electrons. The number of aliphatic carboxylic acids is 1. The van der Waals surface area contributed by atoms with Crippen molar-refractivity contribution in [3.63, 3.8) is 0 Å². The second-order valence-electron chi connectivity index (χ2n) is 4.08. The fourth-order valence-electron chi connectivity index (χ4n) is 1.88. The molecule has 8 nitrogen and oxygen atoms in total. The van der Waals surface area contributed by atoms with Gasteiger partial charge in [-0.1, -0.05) is 0 Å². The van der Waals surface area contributed by atoms with E-state index in [0.29, 0.717) is 17.7 Å². The number of carbonyl (C=O) groups is 2. The van der Waals surface area contributed by atoms with E-state index in [1.165, 1.54) is 12.1 Å². The number of anilines is 2. The van der Waals surface area contributed by atoms with E-state index < -0.39 is 17.4 Å². The van der Waals surface area contributed by atoms with E-state index in [-0.39, 0.29) is 23.7 Å². The molecule has 0 bridgehead atoms. The minimum atomic E-state index is -1.13. The molecule has 8 heteroatoms. The van der Waals surface area contributed by atoms with Crippen LogP contribution in [0, 0.1) is 10.1 Å². The van der Waals surface area contributed by atoms with Crippen molar-refractivity contribution >= 4 is 28.9 Å². The van der Waals surface area contributed by atoms with Crippen LogP contribution in [0.4, 0.5) is 17.1 Å². The lowest BCUT2D eigenvalue weighted by atomic mass is 10.0. The van der Waals surface area contributed by atoms with Crippen LogP contribution in [-0.4, -0.2) is 28.5 Å². The van der Waals surface area contributed by atoms with Crippen molar-refractivity contribution in [3.05, 3.63) is 27.8 Å². The summed E-state index contributed by atoms with van der Waals surface area (Å²) in [7, 11) is 0. The van der Waals surface area contributed by atoms with Gasteiger partial charge in [-0.25, -0.2) is 0 Å². The molecule has 100 valence electrons. The van der Waals surface area contributed by atoms with E-state index in [0.717, 1.165) is 0 Å². The van der Waals surface area contributed by atoms with Crippen LogP contribution in [0.2, 0.25) is 0 Å². The lowest BCUT2D eigenvalue weighted by Crippen LogP contribution is -2.20. The first kappa shape index (κ1) is 12.8. The van der Waals surface area contributed by atoms with E-state index in [1.54, 1.807) is 0 Å². The smallest absolute Gasteiger partial charge is 0.322 e. The summed E-state index contributed by atoms with van der Waals surface area (Å²) in [6, 6.07) is 2.76. The van der Waals surface area contributed by atoms with Crippen molar-refractivity contribution in [1.29, 1.82) is 0 Å². The summed E-state index contributed by atoms with van der Waals surface area (Å²) in [6.07, 6.45) is 0.716. The first-order valence-corrected chi connectivity index (χ1v) is 5.54. The molecule has 0 spiro atoms. The molecule has 1 aromatic rings. The largest absolute Gasteiger partial charge is 0.480 e. The van der Waals surface area contributed by atoms with Gasteiger partial charge < -0.3 is 15.7 Å². The number of amides is 1. The van der Waals surface area contributed by atoms with Gasteiger partial charge >= 0.3 is 5.97 Å². The van der Waals surface area contributed by atoms with Gasteiger partial charge in [0.1, 0.15) is 12.2 Å². The molecule has 1 aliphatic heterocycles. The molecule has 0 atom stereocenters. The van der Waals surface area contributed by atoms with E-state index in [9.17, 15) is 19.7 Å². The Morgan fingerprint density at radius 1 is 1.47 bits per heavy atom. The fourth-order valence-corrected chi connectivity index (χ4v) is 1.88. The third-order valence-electron chi connectivity index (χ3n) is 2.74. The predicted molar refractivity (Wildman–Crippen MR) is 66.2 cm³/mol. The average molecular weight is 265 g/mol. The van der Waals surface area contributed by atoms with Crippen molar-refractivity contribution in [1.82, 2.24) is 0 Å². The van der Waals surface area contributed by atoms with Crippen LogP contribution in [0.15, 0.2) is 12.1 Å². The molecule has 0 saturated heterocycles. The standard InChI is InChI=1S/C11H11N3O5/c15-10-2-1-6-3-9(14(18)19)8(4-7(6)13-10)12-5-11(16)17/h3-4,12H,1-2,5H2,(H,13,15)(H,16,17). The number of hydrogen-bond acceptors (Lipinski definition) is 5. The maximum Gasteiger partial charge on any atom is 0.322 e. The zero-order chi connectivity index (χ0) is 14.0. The molecule has 1 heterocycles. The van der Waals surface area contributed by atoms with E-state index >= 15 is 0 Å². The molecule has 0 unspecified atom stereocenters. The Bertz CT molecular complexity index is 570. The lowest BCUT2D eigenvalue weighted by Gasteiger charge is -2.18. The Balaban J connectivity index is 2.39. The van der Waals surface area contributed by atoms with Gasteiger partial charge in [0.05, 0.1) is 4.92 Å². The zero-order valence-electron chi connectivity index (χ0n) is 9.80. The number of nitro groups is 1. The van der Waals surface area contributed by atoms with Gasteiger partial charge in [-0.15, -0.1) is 0 Å². The molecule has 2 rings (SSSR count). The Morgan fingerprint density at radius 2 is 2.21 bits per heavy atom. The first-order valence-electron chi connectivity index (χ1n) is 5.54. The molecule has 1 aromatic carbocycles. The van der Waals surface area contributed by atoms with Crippen molar-refractivity contribution in [2.45, 2.75) is 12.8 Å². The molecule has 0 fully saturated rings. The van der Waals surface area contributed by atoms with Crippen molar-refractivity contribution in [2.75, 3.05) is 17.2 Å². The molecular formula is C11H11N3O5. The number of hydrogen-bond donors (Lipinski definition) is 3. The van der Waals surface area contributed by atoms with Crippen molar-refractivity contribution < 1.29 is 19.6 Å². The van der Waals surface area contributed by atoms with Gasteiger partial charge in [0.2, 0.25) is 5.91 Å². The fraction of sp³-hybridized carbons (Fsp3) is 0.273. The van der Waals surface area contributed by atoms with Crippen LogP contribution in [0.25, 0.3) is 0 Å². The normalized spacial score (nSPS) is 13.4. The molecule has 0 saturated carbocycles. The van der Waals surface area contributed by atoms with Crippen LogP contribution < -0.4 is 10.6 Å². The number of carbonyl (C=O) groups excluding carboxylic acids is 1. The number of nitrogens with one attached hydrogen (secondary N) is 2. The molecule has 19 heavy (non-hydrogen) atoms. The van der Waals surface area contributed by atoms with Gasteiger partial charge in [-0.2, -0.15) is 0 Å². The van der Waals surface area contributed by atoms with Gasteiger partial charge in [-0.05, 0) is 18.1 Å². The second-order valence-corrected chi connectivity index (χ2v) is 4.08. The maximum absolute atomic E-state index is 11.3. The van der Waals surface area contributed by atoms with Crippen molar-refractivity contribution in [3.8, 4) is 0 Å². The number of benzene rings is 1. The summed E-state index contributed by atoms with van der Waals surface area (Å²) < 4.78 is 0. The highest BCUT2D eigenvalue weighted by Crippen LogP contribution is 2.33. The molecular weight excluding hydrogens is 254 g/mol. The van der Waals surface area contributed by atoms with Crippen LogP contribution in [0.5, 0.6) is 0 Å². The quantitative estimate of drug-likeness (QED) is 0.551. The van der Waals surface area contributed by atoms with E-state index in [1.807, 2.05) is 0 Å². The van der Waals surface area contributed by atoms with Crippen LogP contribution in [0.3, 0.4) is 0 Å². The number of nitrogens with zero attached hydrogens (tertiary/aromatic N) is 1. The van der Waals surface area contributed by atoms with Gasteiger partial charge in [0, 0.05) is 18.2 Å². The highest BCUT2D eigenvalue weighted by Gasteiger charge is 2.22. The number of carboxylic acids is 1. The van der Waals surface area contributed by atoms with Crippen molar-refractivity contribution in [2.24, 2.45) is 0 Å². The molecule has 3 N–H and O–H groups in total. The lowest BCUT2D eigenvalue weighted by molar-refractivity contribution is -0.384. The highest BCUT2D eigenvalue weighted by molar-refractivity contribution is 5.95. The number of fused-ring (bicyclic) bond motifs is 1. The second kappa shape index (κ2) is 4.92. The minimum Gasteiger partial charge on any atom is -0.480 e. The molecule has 0 aliphatic carbocycles. The predicted octanol–water partition coefficient (Wildman–Crippen LogP) is 0.976. The maximum atomic E-state index is 11.3. The van der Waals surface area contributed by atoms with E-state index in [4.69, 9.17) is 5.11 Å². The molecule has 1 amide bonds. The Hall–Kier alpha value is -2.64. The minimum absolute atomic E-state index is 0.0772. The summed E-state index contributed by atoms with van der Waals surface area (Å²) in [5.41, 5.74) is 1.03. The Morgan fingerprint density at radius 3 is 2.84 bits per heavy atom. The summed E-state index contributed by atoms with van der Waals surface area (Å²) >= 11 is 0. The summed E-state index contributed by atoms with van der Waals surface area (Å²) in [6.45, 7) is -0.437. The third-order valence-corrected chi connectivity index (χ3v) is 2.74. The third kappa shape index (κ3) is 2.79. The number of carboxylic acid groups (broad SMARTS) is 1. The van der Waals surface area contributed by atoms with Gasteiger partial charge in [0.15, 0.2) is 0 Å². The average Bonchev–Trinajstić information content (AvgIpc) is 2.34. The van der Waals surface area contributed by atoms with Crippen LogP contribution in [0.1, 0.15) is 12.0 Å². The van der Waals surface area contributed by atoms with Gasteiger partial charge in [-0.3, -0.25) is 19.7 Å². The number of nitro benzene ring substituents is 1. The van der Waals surface area contributed by atoms with Crippen LogP contribution >= 0.6 is 0 Å². The summed E-state index contributed by atoms with van der Waals surface area (Å²) in [5, 5.41) is 24.6. The summed E-state index contributed by atoms with van der Waals surface area (Å²) in [4.78, 5) is 32.1. The zero-order valence-corrected chi connectivity index (χ0v) is 9.80. The van der Waals surface area contributed by atoms with Crippen LogP contribution in [-0.2, 0) is 16.0 Å². The first-order chi connectivity index (χ1) is 8.97. The SMILES string of the molecule is O=C(O)CNc1cc2c(cc1[N+](=O)[O-])CCC(=O)N2. The number of aryl methyl sites for hydroxylation is 1. The molecule has 0 aromatic heterocycles. The number of rotatable bonds is 4. The highest BCUT2D eigenvalue weighted by atomic mass is 16.6. The topological polar surface area (TPSA) is 122 Å². The Kier molecular flexibility index (Phi) is 3.32. The monoisotopic (exact) mass is 265 g/mol. The molecule has 1 aliphatic rings. The van der Waals surface area contributed by atoms with E-state index in [2.05, 4.69) is 10.6 Å². The van der Waals surface area contributed by atoms with Gasteiger partial charge in [0.25, 0.3) is 5.69 Å².